The predicted octanol–water partition coefficient (Wildman–Crippen LogP) is 1.15. The highest BCUT2D eigenvalue weighted by atomic mass is 15.4. The van der Waals surface area contributed by atoms with Crippen molar-refractivity contribution in [3.8, 4) is 5.82 Å². The zero-order valence-corrected chi connectivity index (χ0v) is 7.94. The number of nitrogens with zero attached hydrogens (tertiary/aromatic N) is 4. The third-order valence-corrected chi connectivity index (χ3v) is 1.87. The van der Waals surface area contributed by atoms with Crippen molar-refractivity contribution in [2.24, 2.45) is 0 Å². The average Bonchev–Trinajstić information content (AvgIpc) is 2.58. The van der Waals surface area contributed by atoms with Crippen molar-refractivity contribution in [3.63, 3.8) is 0 Å². The molecule has 0 radical (unpaired) electrons. The van der Waals surface area contributed by atoms with Gasteiger partial charge < -0.3 is 9.78 Å². The fraction of sp³-hybridized carbons (Fsp3) is 0.333. The second-order valence-electron chi connectivity index (χ2n) is 3.18. The van der Waals surface area contributed by atoms with Gasteiger partial charge in [0.05, 0.1) is 0 Å². The molecule has 0 unspecified atom stereocenters. The molecule has 68 valence electrons. The molecule has 0 N–H and O–H groups in total. The van der Waals surface area contributed by atoms with Gasteiger partial charge in [-0.25, -0.2) is 0 Å². The van der Waals surface area contributed by atoms with E-state index in [4.69, 9.17) is 0 Å². The minimum absolute atomic E-state index is 0.795. The van der Waals surface area contributed by atoms with E-state index in [2.05, 4.69) is 15.3 Å². The quantitative estimate of drug-likeness (QED) is 0.653. The predicted molar refractivity (Wildman–Crippen MR) is 48.9 cm³/mol. The molecule has 13 heavy (non-hydrogen) atoms. The number of hydrogen-bond acceptors (Lipinski definition) is 2. The van der Waals surface area contributed by atoms with E-state index in [1.54, 1.807) is 4.68 Å². The highest BCUT2D eigenvalue weighted by molar-refractivity contribution is 5.26. The van der Waals surface area contributed by atoms with E-state index in [-0.39, 0.29) is 0 Å². The molecule has 0 amide bonds. The molecule has 0 fully saturated rings. The highest BCUT2D eigenvalue weighted by Gasteiger charge is 1.96. The van der Waals surface area contributed by atoms with Gasteiger partial charge in [0.25, 0.3) is 0 Å². The Hall–Kier alpha value is -1.58. The topological polar surface area (TPSA) is 44.8 Å². The van der Waals surface area contributed by atoms with Gasteiger partial charge in [-0.15, -0.1) is 0 Å². The molecule has 0 aromatic carbocycles. The van der Waals surface area contributed by atoms with E-state index in [9.17, 15) is 0 Å². The lowest BCUT2D eigenvalue weighted by atomic mass is 10.4. The largest absolute Gasteiger partial charge is 0.353 e. The molecule has 2 heterocycles. The minimum Gasteiger partial charge on any atom is -0.353 e. The lowest BCUT2D eigenvalue weighted by Gasteiger charge is -2.09. The normalized spacial score (nSPS) is 10.7. The number of rotatable bonds is 1. The summed E-state index contributed by atoms with van der Waals surface area (Å²) in [5.41, 5.74) is 3.00. The summed E-state index contributed by atoms with van der Waals surface area (Å²) in [6.07, 6.45) is 0. The van der Waals surface area contributed by atoms with Crippen molar-refractivity contribution in [1.82, 2.24) is 20.0 Å². The van der Waals surface area contributed by atoms with Crippen molar-refractivity contribution in [3.05, 3.63) is 29.2 Å². The Morgan fingerprint density at radius 3 is 2.38 bits per heavy atom. The standard InChI is InChI=1S/C9H11N4/c1-6-5-9(11-10-6)13-8(3)4-7(2)12-13/h4-5H,1-3H3/q-1. The first-order chi connectivity index (χ1) is 6.16. The molecule has 0 aliphatic heterocycles. The van der Waals surface area contributed by atoms with Gasteiger partial charge in [0.15, 0.2) is 0 Å². The maximum atomic E-state index is 4.31. The van der Waals surface area contributed by atoms with Gasteiger partial charge in [0, 0.05) is 11.4 Å². The Morgan fingerprint density at radius 2 is 1.92 bits per heavy atom. The molecule has 0 saturated carbocycles. The van der Waals surface area contributed by atoms with Crippen molar-refractivity contribution in [1.29, 1.82) is 0 Å². The molecule has 0 atom stereocenters. The van der Waals surface area contributed by atoms with Crippen molar-refractivity contribution < 1.29 is 0 Å². The van der Waals surface area contributed by atoms with Crippen LogP contribution in [-0.4, -0.2) is 14.9 Å². The van der Waals surface area contributed by atoms with Gasteiger partial charge in [0.1, 0.15) is 0 Å². The molecule has 2 rings (SSSR count). The molecule has 2 aromatic rings. The maximum Gasteiger partial charge on any atom is 0.0367 e. The second kappa shape index (κ2) is 2.73. The first-order valence-electron chi connectivity index (χ1n) is 4.17. The summed E-state index contributed by atoms with van der Waals surface area (Å²) in [5.74, 6) is 0.795. The van der Waals surface area contributed by atoms with Gasteiger partial charge in [-0.2, -0.15) is 0 Å². The molecule has 4 heteroatoms. The monoisotopic (exact) mass is 175 g/mol. The van der Waals surface area contributed by atoms with Gasteiger partial charge >= 0.3 is 0 Å². The van der Waals surface area contributed by atoms with Gasteiger partial charge in [-0.1, -0.05) is 0 Å². The fourth-order valence-corrected chi connectivity index (χ4v) is 1.34. The molecule has 0 saturated heterocycles. The maximum absolute atomic E-state index is 4.31. The van der Waals surface area contributed by atoms with Crippen LogP contribution >= 0.6 is 0 Å². The van der Waals surface area contributed by atoms with Crippen LogP contribution in [-0.2, 0) is 0 Å². The third kappa shape index (κ3) is 1.35. The van der Waals surface area contributed by atoms with Gasteiger partial charge in [-0.3, -0.25) is 10.2 Å². The lowest BCUT2D eigenvalue weighted by molar-refractivity contribution is 0.792. The van der Waals surface area contributed by atoms with Crippen LogP contribution in [0.1, 0.15) is 17.1 Å². The summed E-state index contributed by atoms with van der Waals surface area (Å²) in [5, 5.41) is 12.3. The van der Waals surface area contributed by atoms with Crippen LogP contribution in [0.25, 0.3) is 5.82 Å². The van der Waals surface area contributed by atoms with Gasteiger partial charge in [0.2, 0.25) is 0 Å². The summed E-state index contributed by atoms with van der Waals surface area (Å²) in [4.78, 5) is 0. The fourth-order valence-electron chi connectivity index (χ4n) is 1.34. The van der Waals surface area contributed by atoms with Crippen LogP contribution in [0, 0.1) is 20.8 Å². The zero-order valence-electron chi connectivity index (χ0n) is 7.94. The van der Waals surface area contributed by atoms with Crippen LogP contribution in [0.4, 0.5) is 0 Å². The van der Waals surface area contributed by atoms with Crippen LogP contribution < -0.4 is 5.10 Å². The first-order valence-corrected chi connectivity index (χ1v) is 4.17. The molecule has 0 aliphatic carbocycles. The van der Waals surface area contributed by atoms with Crippen molar-refractivity contribution in [2.45, 2.75) is 20.8 Å². The van der Waals surface area contributed by atoms with E-state index in [1.165, 1.54) is 0 Å². The van der Waals surface area contributed by atoms with E-state index in [0.717, 1.165) is 22.9 Å². The van der Waals surface area contributed by atoms with Crippen LogP contribution in [0.15, 0.2) is 12.1 Å². The molecule has 0 aliphatic rings. The van der Waals surface area contributed by atoms with E-state index in [1.807, 2.05) is 32.9 Å². The lowest BCUT2D eigenvalue weighted by Crippen LogP contribution is -2.00. The van der Waals surface area contributed by atoms with E-state index < -0.39 is 0 Å². The van der Waals surface area contributed by atoms with Crippen LogP contribution in [0.3, 0.4) is 0 Å². The molecule has 0 spiro atoms. The van der Waals surface area contributed by atoms with Crippen LogP contribution in [0.2, 0.25) is 0 Å². The molecular formula is C9H11N4-. The van der Waals surface area contributed by atoms with Crippen molar-refractivity contribution >= 4 is 0 Å². The highest BCUT2D eigenvalue weighted by Crippen LogP contribution is 2.08. The SMILES string of the molecule is Cc1cc(-n2nc(C)cc2C)[n-]n1. The summed E-state index contributed by atoms with van der Waals surface area (Å²) >= 11 is 0. The number of hydrogen-bond donors (Lipinski definition) is 0. The summed E-state index contributed by atoms with van der Waals surface area (Å²) in [6, 6.07) is 3.93. The zero-order chi connectivity index (χ0) is 9.42. The average molecular weight is 175 g/mol. The number of aryl methyl sites for hydroxylation is 3. The summed E-state index contributed by atoms with van der Waals surface area (Å²) < 4.78 is 1.80. The Labute approximate surface area is 76.6 Å². The molecule has 2 aromatic heterocycles. The summed E-state index contributed by atoms with van der Waals surface area (Å²) in [6.45, 7) is 5.89. The first kappa shape index (κ1) is 8.04. The smallest absolute Gasteiger partial charge is 0.0367 e. The van der Waals surface area contributed by atoms with Crippen LogP contribution in [0.5, 0.6) is 0 Å². The minimum atomic E-state index is 0.795. The van der Waals surface area contributed by atoms with E-state index in [0.29, 0.717) is 0 Å². The Morgan fingerprint density at radius 1 is 1.15 bits per heavy atom. The second-order valence-corrected chi connectivity index (χ2v) is 3.18. The molecule has 4 nitrogen and oxygen atoms in total. The molecule has 0 bridgehead atoms. The Kier molecular flexibility index (Phi) is 1.69. The Balaban J connectivity index is 2.51. The van der Waals surface area contributed by atoms with E-state index >= 15 is 0 Å². The van der Waals surface area contributed by atoms with Gasteiger partial charge in [-0.05, 0) is 44.4 Å². The van der Waals surface area contributed by atoms with Crippen molar-refractivity contribution in [2.75, 3.05) is 0 Å². The number of aromatic nitrogens is 4. The molecular weight excluding hydrogens is 164 g/mol. The third-order valence-electron chi connectivity index (χ3n) is 1.87. The Bertz CT molecular complexity index is 425. The summed E-state index contributed by atoms with van der Waals surface area (Å²) in [7, 11) is 0.